The van der Waals surface area contributed by atoms with Crippen LogP contribution in [0.3, 0.4) is 0 Å². The molecule has 2 aliphatic rings. The minimum Gasteiger partial charge on any atom is -0.383 e. The number of carbonyl (C=O) groups excluding carboxylic acids is 1. The van der Waals surface area contributed by atoms with Crippen molar-refractivity contribution >= 4 is 11.6 Å². The van der Waals surface area contributed by atoms with Gasteiger partial charge in [-0.3, -0.25) is 9.69 Å². The van der Waals surface area contributed by atoms with E-state index in [9.17, 15) is 4.79 Å². The van der Waals surface area contributed by atoms with Gasteiger partial charge in [0, 0.05) is 37.8 Å². The van der Waals surface area contributed by atoms with E-state index >= 15 is 0 Å². The van der Waals surface area contributed by atoms with Gasteiger partial charge < -0.3 is 9.64 Å². The van der Waals surface area contributed by atoms with Gasteiger partial charge in [-0.1, -0.05) is 6.42 Å². The fourth-order valence-corrected chi connectivity index (χ4v) is 3.85. The Labute approximate surface area is 137 Å². The fourth-order valence-electron chi connectivity index (χ4n) is 3.85. The lowest BCUT2D eigenvalue weighted by molar-refractivity contribution is -0.118. The molecule has 2 saturated heterocycles. The Hall–Kier alpha value is -1.90. The molecule has 0 saturated carbocycles. The minimum absolute atomic E-state index is 0.0538. The number of methoxy groups -OCH3 is 1. The van der Waals surface area contributed by atoms with Crippen molar-refractivity contribution in [2.75, 3.05) is 38.3 Å². The van der Waals surface area contributed by atoms with Gasteiger partial charge in [0.1, 0.15) is 0 Å². The van der Waals surface area contributed by atoms with Crippen molar-refractivity contribution in [3.8, 4) is 6.07 Å². The Morgan fingerprint density at radius 1 is 1.30 bits per heavy atom. The third-order valence-corrected chi connectivity index (χ3v) is 5.10. The van der Waals surface area contributed by atoms with E-state index in [0.717, 1.165) is 31.7 Å². The molecule has 0 aliphatic carbocycles. The van der Waals surface area contributed by atoms with Crippen molar-refractivity contribution < 1.29 is 9.53 Å². The van der Waals surface area contributed by atoms with E-state index in [-0.39, 0.29) is 11.4 Å². The van der Waals surface area contributed by atoms with Crippen LogP contribution in [0, 0.1) is 11.3 Å². The van der Waals surface area contributed by atoms with E-state index in [2.05, 4.69) is 11.0 Å². The first-order valence-corrected chi connectivity index (χ1v) is 8.23. The molecule has 5 heteroatoms. The Kier molecular flexibility index (Phi) is 4.65. The van der Waals surface area contributed by atoms with Crippen LogP contribution >= 0.6 is 0 Å². The maximum atomic E-state index is 12.6. The average molecular weight is 313 g/mol. The van der Waals surface area contributed by atoms with Gasteiger partial charge in [-0.15, -0.1) is 0 Å². The van der Waals surface area contributed by atoms with Crippen LogP contribution in [0.2, 0.25) is 0 Å². The van der Waals surface area contributed by atoms with E-state index in [4.69, 9.17) is 10.00 Å². The van der Waals surface area contributed by atoms with Crippen LogP contribution in [0.5, 0.6) is 0 Å². The highest BCUT2D eigenvalue weighted by atomic mass is 16.5. The molecular weight excluding hydrogens is 290 g/mol. The number of likely N-dealkylation sites (tertiary alicyclic amines) is 1. The van der Waals surface area contributed by atoms with E-state index in [1.807, 2.05) is 17.0 Å². The molecule has 2 fully saturated rings. The second-order valence-electron chi connectivity index (χ2n) is 6.48. The summed E-state index contributed by atoms with van der Waals surface area (Å²) >= 11 is 0. The first-order chi connectivity index (χ1) is 11.2. The molecule has 122 valence electrons. The van der Waals surface area contributed by atoms with Crippen molar-refractivity contribution in [2.45, 2.75) is 31.2 Å². The number of anilines is 1. The molecule has 1 spiro atoms. The molecule has 5 nitrogen and oxygen atoms in total. The van der Waals surface area contributed by atoms with Crippen molar-refractivity contribution in [3.63, 3.8) is 0 Å². The summed E-state index contributed by atoms with van der Waals surface area (Å²) in [6.07, 6.45) is 4.01. The number of carbonyl (C=O) groups is 1. The highest BCUT2D eigenvalue weighted by Crippen LogP contribution is 2.38. The molecule has 0 N–H and O–H groups in total. The highest BCUT2D eigenvalue weighted by Gasteiger charge is 2.48. The number of piperidine rings is 1. The Morgan fingerprint density at radius 2 is 2.09 bits per heavy atom. The summed E-state index contributed by atoms with van der Waals surface area (Å²) in [5.41, 5.74) is 1.46. The number of amides is 1. The third-order valence-electron chi connectivity index (χ3n) is 5.10. The molecule has 2 aliphatic heterocycles. The number of hydrogen-bond acceptors (Lipinski definition) is 4. The smallest absolute Gasteiger partial charge is 0.228 e. The molecule has 1 atom stereocenters. The van der Waals surface area contributed by atoms with Gasteiger partial charge >= 0.3 is 0 Å². The molecule has 0 aromatic heterocycles. The number of rotatable bonds is 4. The van der Waals surface area contributed by atoms with Crippen molar-refractivity contribution in [1.82, 2.24) is 4.90 Å². The summed E-state index contributed by atoms with van der Waals surface area (Å²) < 4.78 is 5.24. The summed E-state index contributed by atoms with van der Waals surface area (Å²) in [4.78, 5) is 17.0. The maximum Gasteiger partial charge on any atom is 0.228 e. The standard InChI is InChI=1S/C18H23N3O2/c1-23-11-10-20-9-3-2-8-18(20)12-17(22)21(14-18)16-6-4-15(13-19)5-7-16/h4-7H,2-3,8-12,14H2,1H3. The summed E-state index contributed by atoms with van der Waals surface area (Å²) in [5.74, 6) is 0.180. The monoisotopic (exact) mass is 313 g/mol. The van der Waals surface area contributed by atoms with Crippen molar-refractivity contribution in [1.29, 1.82) is 5.26 Å². The van der Waals surface area contributed by atoms with Gasteiger partial charge in [0.2, 0.25) is 5.91 Å². The van der Waals surface area contributed by atoms with E-state index in [1.165, 1.54) is 12.8 Å². The summed E-state index contributed by atoms with van der Waals surface area (Å²) in [7, 11) is 1.72. The fraction of sp³-hybridized carbons (Fsp3) is 0.556. The lowest BCUT2D eigenvalue weighted by Gasteiger charge is -2.44. The predicted octanol–water partition coefficient (Wildman–Crippen LogP) is 2.17. The highest BCUT2D eigenvalue weighted by molar-refractivity contribution is 5.97. The molecule has 0 bridgehead atoms. The zero-order chi connectivity index (χ0) is 16.3. The molecule has 1 unspecified atom stereocenters. The predicted molar refractivity (Wildman–Crippen MR) is 88.2 cm³/mol. The van der Waals surface area contributed by atoms with Crippen molar-refractivity contribution in [2.24, 2.45) is 0 Å². The zero-order valence-electron chi connectivity index (χ0n) is 13.6. The Bertz CT molecular complexity index is 608. The molecule has 2 heterocycles. The largest absolute Gasteiger partial charge is 0.383 e. The normalized spacial score (nSPS) is 25.0. The number of nitrogens with zero attached hydrogens (tertiary/aromatic N) is 3. The topological polar surface area (TPSA) is 56.6 Å². The molecule has 0 radical (unpaired) electrons. The maximum absolute atomic E-state index is 12.6. The molecule has 23 heavy (non-hydrogen) atoms. The van der Waals surface area contributed by atoms with Gasteiger partial charge in [0.05, 0.1) is 18.2 Å². The van der Waals surface area contributed by atoms with E-state index < -0.39 is 0 Å². The lowest BCUT2D eigenvalue weighted by Crippen LogP contribution is -2.54. The first kappa shape index (κ1) is 16.0. The van der Waals surface area contributed by atoms with Gasteiger partial charge in [0.25, 0.3) is 0 Å². The molecule has 3 rings (SSSR count). The van der Waals surface area contributed by atoms with Gasteiger partial charge in [0.15, 0.2) is 0 Å². The average Bonchev–Trinajstić information content (AvgIpc) is 2.91. The van der Waals surface area contributed by atoms with Crippen LogP contribution in [0.25, 0.3) is 0 Å². The number of nitriles is 1. The van der Waals surface area contributed by atoms with E-state index in [1.54, 1.807) is 19.2 Å². The zero-order valence-corrected chi connectivity index (χ0v) is 13.6. The van der Waals surface area contributed by atoms with Gasteiger partial charge in [-0.2, -0.15) is 5.26 Å². The lowest BCUT2D eigenvalue weighted by atomic mass is 9.85. The molecular formula is C18H23N3O2. The second-order valence-corrected chi connectivity index (χ2v) is 6.48. The summed E-state index contributed by atoms with van der Waals surface area (Å²) in [6.45, 7) is 3.36. The molecule has 1 aromatic carbocycles. The van der Waals surface area contributed by atoms with Crippen LogP contribution in [-0.2, 0) is 9.53 Å². The van der Waals surface area contributed by atoms with Crippen LogP contribution in [0.15, 0.2) is 24.3 Å². The Morgan fingerprint density at radius 3 is 2.78 bits per heavy atom. The van der Waals surface area contributed by atoms with Crippen LogP contribution in [-0.4, -0.2) is 49.7 Å². The van der Waals surface area contributed by atoms with Crippen LogP contribution in [0.4, 0.5) is 5.69 Å². The van der Waals surface area contributed by atoms with Crippen LogP contribution < -0.4 is 4.90 Å². The Balaban J connectivity index is 1.80. The number of benzene rings is 1. The van der Waals surface area contributed by atoms with Crippen LogP contribution in [0.1, 0.15) is 31.2 Å². The third kappa shape index (κ3) is 3.10. The second kappa shape index (κ2) is 6.69. The van der Waals surface area contributed by atoms with Gasteiger partial charge in [-0.05, 0) is 43.7 Å². The van der Waals surface area contributed by atoms with Crippen molar-refractivity contribution in [3.05, 3.63) is 29.8 Å². The number of hydrogen-bond donors (Lipinski definition) is 0. The van der Waals surface area contributed by atoms with E-state index in [0.29, 0.717) is 18.6 Å². The quantitative estimate of drug-likeness (QED) is 0.855. The summed E-state index contributed by atoms with van der Waals surface area (Å²) in [6, 6.07) is 9.41. The molecule has 1 amide bonds. The first-order valence-electron chi connectivity index (χ1n) is 8.23. The minimum atomic E-state index is -0.0538. The summed E-state index contributed by atoms with van der Waals surface area (Å²) in [5, 5.41) is 8.91. The van der Waals surface area contributed by atoms with Gasteiger partial charge in [-0.25, -0.2) is 0 Å². The SMILES string of the molecule is COCCN1CCCCC12CC(=O)N(c1ccc(C#N)cc1)C2. The number of ether oxygens (including phenoxy) is 1. The molecule has 1 aromatic rings.